The van der Waals surface area contributed by atoms with E-state index in [0.29, 0.717) is 16.9 Å². The maximum absolute atomic E-state index is 14.2. The Labute approximate surface area is 306 Å². The maximum Gasteiger partial charge on any atom is 0.266 e. The number of pyridine rings is 1. The van der Waals surface area contributed by atoms with Gasteiger partial charge in [-0.3, -0.25) is 13.9 Å². The minimum absolute atomic E-state index is 0.165. The van der Waals surface area contributed by atoms with Crippen LogP contribution in [0, 0.1) is 0 Å². The second kappa shape index (κ2) is 10.8. The van der Waals surface area contributed by atoms with Gasteiger partial charge in [-0.15, -0.1) is 0 Å². The quantitative estimate of drug-likeness (QED) is 0.173. The predicted molar refractivity (Wildman–Crippen MR) is 219 cm³/mol. The molecule has 0 saturated carbocycles. The normalized spacial score (nSPS) is 12.1. The Morgan fingerprint density at radius 2 is 0.981 bits per heavy atom. The first-order chi connectivity index (χ1) is 26.7. The Morgan fingerprint density at radius 3 is 1.72 bits per heavy atom. The summed E-state index contributed by atoms with van der Waals surface area (Å²) in [6.07, 6.45) is 1.67. The molecule has 5 heterocycles. The lowest BCUT2D eigenvalue weighted by Gasteiger charge is -2.13. The third-order valence-electron chi connectivity index (χ3n) is 10.9. The summed E-state index contributed by atoms with van der Waals surface area (Å²) in [5.41, 5.74) is 8.74. The molecule has 0 unspecified atom stereocenters. The van der Waals surface area contributed by atoms with Gasteiger partial charge in [-0.05, 0) is 60.7 Å². The zero-order valence-electron chi connectivity index (χ0n) is 28.6. The van der Waals surface area contributed by atoms with E-state index >= 15 is 0 Å². The van der Waals surface area contributed by atoms with Gasteiger partial charge in [-0.25, -0.2) is 9.97 Å². The van der Waals surface area contributed by atoms with Gasteiger partial charge in [0.2, 0.25) is 5.95 Å². The molecular weight excluding hydrogens is 667 g/mol. The first-order valence-electron chi connectivity index (χ1n) is 18.0. The summed E-state index contributed by atoms with van der Waals surface area (Å²) in [5.74, 6) is 0.467. The highest BCUT2D eigenvalue weighted by atomic mass is 16.3. The molecule has 0 saturated heterocycles. The lowest BCUT2D eigenvalue weighted by atomic mass is 10.1. The first kappa shape index (κ1) is 29.1. The molecule has 0 aliphatic heterocycles. The monoisotopic (exact) mass is 693 g/mol. The van der Waals surface area contributed by atoms with Crippen molar-refractivity contribution >= 4 is 87.4 Å². The molecule has 252 valence electrons. The first-order valence-corrected chi connectivity index (χ1v) is 18.0. The second-order valence-electron chi connectivity index (χ2n) is 13.7. The summed E-state index contributed by atoms with van der Waals surface area (Å²) in [6, 6.07) is 53.7. The van der Waals surface area contributed by atoms with Crippen LogP contribution in [0.4, 0.5) is 0 Å². The molecule has 0 atom stereocenters. The minimum Gasteiger partial charge on any atom is -0.453 e. The summed E-state index contributed by atoms with van der Waals surface area (Å²) in [7, 11) is 0. The zero-order chi connectivity index (χ0) is 35.5. The van der Waals surface area contributed by atoms with Crippen molar-refractivity contribution in [1.29, 1.82) is 0 Å². The molecule has 0 aliphatic rings. The van der Waals surface area contributed by atoms with Crippen molar-refractivity contribution in [2.45, 2.75) is 0 Å². The Hall–Kier alpha value is -7.51. The van der Waals surface area contributed by atoms with Crippen molar-refractivity contribution in [3.63, 3.8) is 0 Å². The molecule has 0 radical (unpaired) electrons. The van der Waals surface area contributed by atoms with Crippen LogP contribution in [0.3, 0.4) is 0 Å². The van der Waals surface area contributed by atoms with Gasteiger partial charge in [0, 0.05) is 49.9 Å². The van der Waals surface area contributed by atoms with E-state index in [-0.39, 0.29) is 5.56 Å². The lowest BCUT2D eigenvalue weighted by Crippen LogP contribution is -2.20. The molecule has 5 aromatic heterocycles. The maximum atomic E-state index is 14.2. The molecule has 0 fully saturated rings. The van der Waals surface area contributed by atoms with Crippen LogP contribution in [0.25, 0.3) is 105 Å². The topological polar surface area (TPSA) is 70.8 Å². The average molecular weight is 694 g/mol. The van der Waals surface area contributed by atoms with Gasteiger partial charge in [-0.1, -0.05) is 97.1 Å². The summed E-state index contributed by atoms with van der Waals surface area (Å²) in [5, 5.41) is 7.67. The molecular formula is C47H27N5O2. The summed E-state index contributed by atoms with van der Waals surface area (Å²) >= 11 is 0. The lowest BCUT2D eigenvalue weighted by molar-refractivity contribution is 0.674. The van der Waals surface area contributed by atoms with Crippen molar-refractivity contribution in [2.75, 3.05) is 0 Å². The van der Waals surface area contributed by atoms with E-state index in [1.165, 1.54) is 0 Å². The van der Waals surface area contributed by atoms with Crippen LogP contribution < -0.4 is 5.56 Å². The predicted octanol–water partition coefficient (Wildman–Crippen LogP) is 11.0. The molecule has 12 aromatic rings. The molecule has 7 aromatic carbocycles. The zero-order valence-corrected chi connectivity index (χ0v) is 28.6. The van der Waals surface area contributed by atoms with E-state index in [2.05, 4.69) is 100 Å². The molecule has 54 heavy (non-hydrogen) atoms. The van der Waals surface area contributed by atoms with Gasteiger partial charge in [-0.2, -0.15) is 0 Å². The third kappa shape index (κ3) is 3.82. The highest BCUT2D eigenvalue weighted by Crippen LogP contribution is 2.44. The summed E-state index contributed by atoms with van der Waals surface area (Å²) in [4.78, 5) is 24.3. The molecule has 7 nitrogen and oxygen atoms in total. The molecule has 0 N–H and O–H groups in total. The summed E-state index contributed by atoms with van der Waals surface area (Å²) in [6.45, 7) is 0. The Balaban J connectivity index is 1.19. The SMILES string of the molecule is O=c1c2cnc(-n3c4ccccc4c4ccc5c6ccc7c(c8ccccc8n7-c7ccccc7)c6oc5c43)nc2c2ccccc2n1-c1ccccc1. The Kier molecular flexibility index (Phi) is 5.80. The fourth-order valence-electron chi connectivity index (χ4n) is 8.63. The van der Waals surface area contributed by atoms with Crippen LogP contribution in [0.5, 0.6) is 0 Å². The fraction of sp³-hybridized carbons (Fsp3) is 0. The van der Waals surface area contributed by atoms with Crippen molar-refractivity contribution < 1.29 is 4.42 Å². The summed E-state index contributed by atoms with van der Waals surface area (Å²) < 4.78 is 13.3. The van der Waals surface area contributed by atoms with Gasteiger partial charge in [0.1, 0.15) is 11.1 Å². The van der Waals surface area contributed by atoms with Crippen molar-refractivity contribution in [1.82, 2.24) is 23.7 Å². The number of furan rings is 1. The molecule has 7 heteroatoms. The van der Waals surface area contributed by atoms with Crippen molar-refractivity contribution in [3.05, 3.63) is 174 Å². The van der Waals surface area contributed by atoms with E-state index in [4.69, 9.17) is 14.4 Å². The molecule has 0 amide bonds. The number of hydrogen-bond donors (Lipinski definition) is 0. The van der Waals surface area contributed by atoms with Crippen LogP contribution in [-0.2, 0) is 0 Å². The van der Waals surface area contributed by atoms with Crippen molar-refractivity contribution in [3.8, 4) is 17.3 Å². The standard InChI is InChI=1S/C47H27N5O2/c53-46-36-27-48-47(49-42(36)35-19-9-12-22-39(35)51(46)29-15-5-2-6-16-29)52-37-20-10-7-17-30(37)31-23-24-33-32-25-26-40-41(44(32)54-45(33)43(31)52)34-18-8-11-21-38(34)50(40)28-13-3-1-4-14-28/h1-27H. The Morgan fingerprint density at radius 1 is 0.426 bits per heavy atom. The minimum atomic E-state index is -0.165. The number of fused-ring (bicyclic) bond motifs is 14. The molecule has 0 aliphatic carbocycles. The van der Waals surface area contributed by atoms with Gasteiger partial charge in [0.25, 0.3) is 5.56 Å². The van der Waals surface area contributed by atoms with Crippen LogP contribution in [-0.4, -0.2) is 23.7 Å². The second-order valence-corrected chi connectivity index (χ2v) is 13.7. The Bertz CT molecular complexity index is 3580. The number of rotatable bonds is 3. The number of hydrogen-bond acceptors (Lipinski definition) is 4. The van der Waals surface area contributed by atoms with Gasteiger partial charge < -0.3 is 8.98 Å². The van der Waals surface area contributed by atoms with Gasteiger partial charge in [0.05, 0.1) is 38.4 Å². The highest BCUT2D eigenvalue weighted by Gasteiger charge is 2.24. The van der Waals surface area contributed by atoms with Crippen LogP contribution in [0.15, 0.2) is 173 Å². The smallest absolute Gasteiger partial charge is 0.266 e. The molecule has 0 bridgehead atoms. The highest BCUT2D eigenvalue weighted by molar-refractivity contribution is 6.27. The van der Waals surface area contributed by atoms with E-state index in [0.717, 1.165) is 87.8 Å². The molecule has 12 rings (SSSR count). The van der Waals surface area contributed by atoms with Crippen LogP contribution in [0.2, 0.25) is 0 Å². The third-order valence-corrected chi connectivity index (χ3v) is 10.9. The number of benzene rings is 7. The van der Waals surface area contributed by atoms with E-state index in [1.807, 2.05) is 66.7 Å². The van der Waals surface area contributed by atoms with E-state index in [9.17, 15) is 4.79 Å². The van der Waals surface area contributed by atoms with Gasteiger partial charge >= 0.3 is 0 Å². The largest absolute Gasteiger partial charge is 0.453 e. The van der Waals surface area contributed by atoms with Crippen molar-refractivity contribution in [2.24, 2.45) is 0 Å². The number of aromatic nitrogens is 5. The number of nitrogens with zero attached hydrogens (tertiary/aromatic N) is 5. The van der Waals surface area contributed by atoms with Crippen LogP contribution in [0.1, 0.15) is 0 Å². The van der Waals surface area contributed by atoms with E-state index < -0.39 is 0 Å². The van der Waals surface area contributed by atoms with E-state index in [1.54, 1.807) is 10.8 Å². The number of para-hydroxylation sites is 5. The van der Waals surface area contributed by atoms with Crippen LogP contribution >= 0.6 is 0 Å². The molecule has 0 spiro atoms. The van der Waals surface area contributed by atoms with Gasteiger partial charge in [0.15, 0.2) is 5.58 Å². The average Bonchev–Trinajstić information content (AvgIpc) is 3.89. The fourth-order valence-corrected chi connectivity index (χ4v) is 8.63.